The van der Waals surface area contributed by atoms with E-state index in [9.17, 15) is 0 Å². The minimum absolute atomic E-state index is 0.589. The van der Waals surface area contributed by atoms with E-state index in [2.05, 4.69) is 44.1 Å². The van der Waals surface area contributed by atoms with Crippen LogP contribution < -0.4 is 10.2 Å². The van der Waals surface area contributed by atoms with Gasteiger partial charge < -0.3 is 10.2 Å². The lowest BCUT2D eigenvalue weighted by Gasteiger charge is -2.26. The molecular formula is C12H18BrN3. The number of hydrogen-bond acceptors (Lipinski definition) is 3. The van der Waals surface area contributed by atoms with Crippen LogP contribution in [0, 0.1) is 0 Å². The Morgan fingerprint density at radius 2 is 2.50 bits per heavy atom. The Morgan fingerprint density at radius 3 is 3.25 bits per heavy atom. The van der Waals surface area contributed by atoms with E-state index in [0.29, 0.717) is 6.04 Å². The number of likely N-dealkylation sites (N-methyl/N-ethyl adjacent to an activating group) is 1. The van der Waals surface area contributed by atoms with E-state index in [1.807, 2.05) is 12.3 Å². The van der Waals surface area contributed by atoms with Crippen molar-refractivity contribution in [3.8, 4) is 0 Å². The van der Waals surface area contributed by atoms with Crippen molar-refractivity contribution in [2.45, 2.75) is 25.8 Å². The van der Waals surface area contributed by atoms with E-state index in [-0.39, 0.29) is 0 Å². The number of nitrogens with one attached hydrogen (secondary N) is 1. The van der Waals surface area contributed by atoms with E-state index >= 15 is 0 Å². The lowest BCUT2D eigenvalue weighted by atomic mass is 10.2. The van der Waals surface area contributed by atoms with Gasteiger partial charge in [-0.3, -0.25) is 0 Å². The van der Waals surface area contributed by atoms with Crippen molar-refractivity contribution in [2.24, 2.45) is 0 Å². The number of anilines is 1. The maximum Gasteiger partial charge on any atom is 0.143 e. The van der Waals surface area contributed by atoms with Crippen LogP contribution in [0.2, 0.25) is 0 Å². The fourth-order valence-electron chi connectivity index (χ4n) is 2.23. The van der Waals surface area contributed by atoms with Crippen LogP contribution in [0.1, 0.15) is 19.8 Å². The number of halogens is 1. The molecule has 1 saturated heterocycles. The Labute approximate surface area is 105 Å². The average molecular weight is 284 g/mol. The first-order valence-electron chi connectivity index (χ1n) is 5.90. The highest BCUT2D eigenvalue weighted by molar-refractivity contribution is 9.10. The van der Waals surface area contributed by atoms with E-state index in [1.54, 1.807) is 0 Å². The number of rotatable bonds is 4. The van der Waals surface area contributed by atoms with Crippen molar-refractivity contribution in [1.29, 1.82) is 0 Å². The van der Waals surface area contributed by atoms with Crippen molar-refractivity contribution in [2.75, 3.05) is 24.5 Å². The fourth-order valence-corrected chi connectivity index (χ4v) is 2.71. The van der Waals surface area contributed by atoms with E-state index in [4.69, 9.17) is 0 Å². The Morgan fingerprint density at radius 1 is 1.62 bits per heavy atom. The normalized spacial score (nSPS) is 20.4. The minimum Gasteiger partial charge on any atom is -0.351 e. The fraction of sp³-hybridized carbons (Fsp3) is 0.583. The molecule has 1 aliphatic heterocycles. The van der Waals surface area contributed by atoms with Gasteiger partial charge in [-0.05, 0) is 47.4 Å². The molecule has 1 fully saturated rings. The van der Waals surface area contributed by atoms with Gasteiger partial charge in [0.15, 0.2) is 0 Å². The molecule has 0 saturated carbocycles. The van der Waals surface area contributed by atoms with Crippen molar-refractivity contribution in [3.63, 3.8) is 0 Å². The van der Waals surface area contributed by atoms with Crippen molar-refractivity contribution in [1.82, 2.24) is 10.3 Å². The van der Waals surface area contributed by atoms with Gasteiger partial charge in [0.2, 0.25) is 0 Å². The Balaban J connectivity index is 2.10. The Kier molecular flexibility index (Phi) is 4.18. The minimum atomic E-state index is 0.589. The topological polar surface area (TPSA) is 28.2 Å². The van der Waals surface area contributed by atoms with Gasteiger partial charge in [0, 0.05) is 25.3 Å². The van der Waals surface area contributed by atoms with Gasteiger partial charge in [0.05, 0.1) is 4.47 Å². The molecule has 3 nitrogen and oxygen atoms in total. The first-order valence-corrected chi connectivity index (χ1v) is 6.70. The van der Waals surface area contributed by atoms with Crippen molar-refractivity contribution < 1.29 is 0 Å². The zero-order valence-electron chi connectivity index (χ0n) is 9.62. The highest BCUT2D eigenvalue weighted by Gasteiger charge is 2.26. The van der Waals surface area contributed by atoms with Crippen LogP contribution in [0.25, 0.3) is 0 Å². The molecule has 2 rings (SSSR count). The summed E-state index contributed by atoms with van der Waals surface area (Å²) >= 11 is 3.58. The molecule has 1 atom stereocenters. The molecule has 0 amide bonds. The van der Waals surface area contributed by atoms with E-state index in [0.717, 1.165) is 29.9 Å². The monoisotopic (exact) mass is 283 g/mol. The van der Waals surface area contributed by atoms with Crippen molar-refractivity contribution in [3.05, 3.63) is 22.8 Å². The van der Waals surface area contributed by atoms with Gasteiger partial charge in [-0.25, -0.2) is 4.98 Å². The largest absolute Gasteiger partial charge is 0.351 e. The van der Waals surface area contributed by atoms with Gasteiger partial charge in [0.25, 0.3) is 0 Å². The maximum absolute atomic E-state index is 4.47. The molecule has 1 aliphatic rings. The third-order valence-corrected chi connectivity index (χ3v) is 3.64. The third kappa shape index (κ3) is 2.55. The number of pyridine rings is 1. The van der Waals surface area contributed by atoms with E-state index in [1.165, 1.54) is 12.8 Å². The van der Waals surface area contributed by atoms with Crippen LogP contribution in [-0.2, 0) is 0 Å². The average Bonchev–Trinajstić information content (AvgIpc) is 2.75. The molecule has 1 aromatic rings. The van der Waals surface area contributed by atoms with E-state index < -0.39 is 0 Å². The van der Waals surface area contributed by atoms with Gasteiger partial charge in [0.1, 0.15) is 5.82 Å². The summed E-state index contributed by atoms with van der Waals surface area (Å²) in [6, 6.07) is 4.61. The van der Waals surface area contributed by atoms with Crippen LogP contribution in [0.3, 0.4) is 0 Å². The first kappa shape index (κ1) is 11.9. The molecular weight excluding hydrogens is 266 g/mol. The second kappa shape index (κ2) is 5.64. The van der Waals surface area contributed by atoms with Crippen LogP contribution in [0.15, 0.2) is 22.8 Å². The molecule has 4 heteroatoms. The summed E-state index contributed by atoms with van der Waals surface area (Å²) in [5.74, 6) is 1.09. The third-order valence-electron chi connectivity index (χ3n) is 3.02. The first-order chi connectivity index (χ1) is 7.83. The summed E-state index contributed by atoms with van der Waals surface area (Å²) in [6.45, 7) is 5.36. The van der Waals surface area contributed by atoms with Crippen LogP contribution in [0.4, 0.5) is 5.82 Å². The Hall–Kier alpha value is -0.610. The molecule has 0 spiro atoms. The number of hydrogen-bond donors (Lipinski definition) is 1. The summed E-state index contributed by atoms with van der Waals surface area (Å²) in [7, 11) is 0. The second-order valence-corrected chi connectivity index (χ2v) is 4.96. The van der Waals surface area contributed by atoms with Crippen LogP contribution in [-0.4, -0.2) is 30.7 Å². The van der Waals surface area contributed by atoms with Gasteiger partial charge in [-0.15, -0.1) is 0 Å². The second-order valence-electron chi connectivity index (χ2n) is 4.11. The summed E-state index contributed by atoms with van der Waals surface area (Å²) < 4.78 is 1.10. The molecule has 1 aromatic heterocycles. The zero-order valence-corrected chi connectivity index (χ0v) is 11.2. The number of aromatic nitrogens is 1. The summed E-state index contributed by atoms with van der Waals surface area (Å²) in [6.07, 6.45) is 4.39. The number of nitrogens with zero attached hydrogens (tertiary/aromatic N) is 2. The predicted octanol–water partition coefficient (Wildman–Crippen LogP) is 2.42. The predicted molar refractivity (Wildman–Crippen MR) is 70.8 cm³/mol. The summed E-state index contributed by atoms with van der Waals surface area (Å²) in [5, 5.41) is 3.42. The maximum atomic E-state index is 4.47. The molecule has 0 radical (unpaired) electrons. The summed E-state index contributed by atoms with van der Waals surface area (Å²) in [5.41, 5.74) is 0. The van der Waals surface area contributed by atoms with Crippen LogP contribution in [0.5, 0.6) is 0 Å². The zero-order chi connectivity index (χ0) is 11.4. The van der Waals surface area contributed by atoms with Gasteiger partial charge >= 0.3 is 0 Å². The molecule has 1 N–H and O–H groups in total. The lowest BCUT2D eigenvalue weighted by molar-refractivity contribution is 0.584. The summed E-state index contributed by atoms with van der Waals surface area (Å²) in [4.78, 5) is 6.88. The highest BCUT2D eigenvalue weighted by Crippen LogP contribution is 2.29. The standard InChI is InChI=1S/C12H18BrN3/c1-2-14-9-10-5-4-8-16(10)12-11(13)6-3-7-15-12/h3,6-7,10,14H,2,4-5,8-9H2,1H3. The lowest BCUT2D eigenvalue weighted by Crippen LogP contribution is -2.38. The highest BCUT2D eigenvalue weighted by atomic mass is 79.9. The quantitative estimate of drug-likeness (QED) is 0.920. The molecule has 2 heterocycles. The smallest absolute Gasteiger partial charge is 0.143 e. The van der Waals surface area contributed by atoms with Crippen LogP contribution >= 0.6 is 15.9 Å². The Bertz CT molecular complexity index is 343. The van der Waals surface area contributed by atoms with Gasteiger partial charge in [-0.2, -0.15) is 0 Å². The molecule has 0 aromatic carbocycles. The molecule has 16 heavy (non-hydrogen) atoms. The molecule has 0 bridgehead atoms. The SMILES string of the molecule is CCNCC1CCCN1c1ncccc1Br. The van der Waals surface area contributed by atoms with Gasteiger partial charge in [-0.1, -0.05) is 6.92 Å². The molecule has 88 valence electrons. The van der Waals surface area contributed by atoms with Crippen molar-refractivity contribution >= 4 is 21.7 Å². The molecule has 1 unspecified atom stereocenters. The molecule has 0 aliphatic carbocycles.